The monoisotopic (exact) mass is 218 g/mol. The fourth-order valence-corrected chi connectivity index (χ4v) is 1.81. The van der Waals surface area contributed by atoms with E-state index >= 15 is 0 Å². The zero-order chi connectivity index (χ0) is 11.4. The molecule has 1 atom stereocenters. The number of hydrogen-bond acceptors (Lipinski definition) is 2. The first-order valence-electron chi connectivity index (χ1n) is 6.23. The first-order valence-corrected chi connectivity index (χ1v) is 6.23. The lowest BCUT2D eigenvalue weighted by molar-refractivity contribution is 0.242. The van der Waals surface area contributed by atoms with Crippen LogP contribution in [0.3, 0.4) is 0 Å². The van der Waals surface area contributed by atoms with Crippen LogP contribution >= 0.6 is 0 Å². The van der Waals surface area contributed by atoms with Crippen LogP contribution in [-0.2, 0) is 6.54 Å². The maximum atomic E-state index is 3.58. The van der Waals surface area contributed by atoms with Crippen LogP contribution in [0.15, 0.2) is 30.3 Å². The Bertz CT molecular complexity index is 306. The number of rotatable bonds is 6. The van der Waals surface area contributed by atoms with Gasteiger partial charge in [-0.05, 0) is 32.4 Å². The molecule has 0 spiro atoms. The third-order valence-electron chi connectivity index (χ3n) is 3.31. The first-order chi connectivity index (χ1) is 7.75. The summed E-state index contributed by atoms with van der Waals surface area (Å²) < 4.78 is 0. The largest absolute Gasteiger partial charge is 0.312 e. The number of nitrogens with one attached hydrogen (secondary N) is 1. The summed E-state index contributed by atoms with van der Waals surface area (Å²) in [7, 11) is 2.20. The van der Waals surface area contributed by atoms with Crippen LogP contribution in [0.1, 0.15) is 25.3 Å². The quantitative estimate of drug-likeness (QED) is 0.788. The van der Waals surface area contributed by atoms with Crippen LogP contribution in [0.4, 0.5) is 0 Å². The predicted octanol–water partition coefficient (Wildman–Crippen LogP) is 2.26. The van der Waals surface area contributed by atoms with E-state index in [-0.39, 0.29) is 0 Å². The molecule has 1 unspecified atom stereocenters. The molecule has 0 aromatic heterocycles. The van der Waals surface area contributed by atoms with E-state index in [1.54, 1.807) is 0 Å². The minimum Gasteiger partial charge on any atom is -0.312 e. The van der Waals surface area contributed by atoms with E-state index in [0.717, 1.165) is 19.1 Å². The second-order valence-electron chi connectivity index (χ2n) is 4.93. The van der Waals surface area contributed by atoms with Gasteiger partial charge in [0, 0.05) is 25.2 Å². The van der Waals surface area contributed by atoms with Gasteiger partial charge in [0.05, 0.1) is 0 Å². The summed E-state index contributed by atoms with van der Waals surface area (Å²) in [6.45, 7) is 4.43. The van der Waals surface area contributed by atoms with Gasteiger partial charge in [-0.1, -0.05) is 30.3 Å². The summed E-state index contributed by atoms with van der Waals surface area (Å²) in [5.74, 6) is 0. The van der Waals surface area contributed by atoms with Crippen molar-refractivity contribution in [2.24, 2.45) is 0 Å². The van der Waals surface area contributed by atoms with E-state index in [2.05, 4.69) is 54.5 Å². The molecule has 1 saturated carbocycles. The molecular weight excluding hydrogens is 196 g/mol. The molecule has 2 nitrogen and oxygen atoms in total. The molecule has 1 aromatic rings. The number of likely N-dealkylation sites (N-methyl/N-ethyl adjacent to an activating group) is 1. The molecule has 0 radical (unpaired) electrons. The molecule has 1 fully saturated rings. The van der Waals surface area contributed by atoms with E-state index in [0.29, 0.717) is 6.04 Å². The van der Waals surface area contributed by atoms with Gasteiger partial charge >= 0.3 is 0 Å². The van der Waals surface area contributed by atoms with Crippen molar-refractivity contribution >= 4 is 0 Å². The van der Waals surface area contributed by atoms with Crippen LogP contribution in [0.5, 0.6) is 0 Å². The molecule has 0 amide bonds. The number of benzene rings is 1. The van der Waals surface area contributed by atoms with Gasteiger partial charge in [0.1, 0.15) is 0 Å². The molecular formula is C14H22N2. The third kappa shape index (κ3) is 3.62. The number of nitrogens with zero attached hydrogens (tertiary/aromatic N) is 1. The molecule has 1 aliphatic rings. The second kappa shape index (κ2) is 5.46. The Kier molecular flexibility index (Phi) is 3.97. The molecule has 0 saturated heterocycles. The van der Waals surface area contributed by atoms with E-state index in [1.807, 2.05) is 0 Å². The highest BCUT2D eigenvalue weighted by Crippen LogP contribution is 2.18. The van der Waals surface area contributed by atoms with Crippen LogP contribution < -0.4 is 5.32 Å². The molecule has 0 bridgehead atoms. The molecule has 2 heteroatoms. The number of hydrogen-bond donors (Lipinski definition) is 1. The second-order valence-corrected chi connectivity index (χ2v) is 4.93. The van der Waals surface area contributed by atoms with Crippen molar-refractivity contribution in [1.29, 1.82) is 0 Å². The van der Waals surface area contributed by atoms with Gasteiger partial charge in [0.25, 0.3) is 0 Å². The summed E-state index contributed by atoms with van der Waals surface area (Å²) in [6.07, 6.45) is 2.74. The lowest BCUT2D eigenvalue weighted by Gasteiger charge is -2.25. The third-order valence-corrected chi connectivity index (χ3v) is 3.31. The average Bonchev–Trinajstić information content (AvgIpc) is 3.11. The molecule has 1 aliphatic carbocycles. The van der Waals surface area contributed by atoms with Crippen molar-refractivity contribution in [3.05, 3.63) is 35.9 Å². The lowest BCUT2D eigenvalue weighted by Crippen LogP contribution is -2.38. The van der Waals surface area contributed by atoms with Gasteiger partial charge < -0.3 is 5.32 Å². The minimum absolute atomic E-state index is 0.598. The SMILES string of the molecule is CC(CNC1CC1)N(C)Cc1ccccc1. The van der Waals surface area contributed by atoms with Gasteiger partial charge in [-0.2, -0.15) is 0 Å². The smallest absolute Gasteiger partial charge is 0.0234 e. The lowest BCUT2D eigenvalue weighted by atomic mass is 10.2. The van der Waals surface area contributed by atoms with Crippen molar-refractivity contribution in [3.8, 4) is 0 Å². The molecule has 16 heavy (non-hydrogen) atoms. The van der Waals surface area contributed by atoms with E-state index in [1.165, 1.54) is 18.4 Å². The van der Waals surface area contributed by atoms with E-state index in [4.69, 9.17) is 0 Å². The molecule has 2 rings (SSSR count). The fraction of sp³-hybridized carbons (Fsp3) is 0.571. The summed E-state index contributed by atoms with van der Waals surface area (Å²) >= 11 is 0. The van der Waals surface area contributed by atoms with E-state index < -0.39 is 0 Å². The standard InChI is InChI=1S/C14H22N2/c1-12(10-15-14-8-9-14)16(2)11-13-6-4-3-5-7-13/h3-7,12,14-15H,8-11H2,1-2H3. The topological polar surface area (TPSA) is 15.3 Å². The van der Waals surface area contributed by atoms with Crippen molar-refractivity contribution < 1.29 is 0 Å². The van der Waals surface area contributed by atoms with Gasteiger partial charge in [0.15, 0.2) is 0 Å². The van der Waals surface area contributed by atoms with Crippen LogP contribution in [0.25, 0.3) is 0 Å². The fourth-order valence-electron chi connectivity index (χ4n) is 1.81. The Morgan fingerprint density at radius 2 is 2.00 bits per heavy atom. The maximum absolute atomic E-state index is 3.58. The molecule has 0 aliphatic heterocycles. The van der Waals surface area contributed by atoms with Crippen molar-refractivity contribution in [2.75, 3.05) is 13.6 Å². The summed E-state index contributed by atoms with van der Waals surface area (Å²) in [5.41, 5.74) is 1.39. The van der Waals surface area contributed by atoms with Crippen molar-refractivity contribution in [1.82, 2.24) is 10.2 Å². The van der Waals surface area contributed by atoms with Crippen molar-refractivity contribution in [3.63, 3.8) is 0 Å². The van der Waals surface area contributed by atoms with Crippen molar-refractivity contribution in [2.45, 2.75) is 38.4 Å². The van der Waals surface area contributed by atoms with Gasteiger partial charge in [-0.3, -0.25) is 4.90 Å². The zero-order valence-electron chi connectivity index (χ0n) is 10.3. The molecule has 0 heterocycles. The predicted molar refractivity (Wildman–Crippen MR) is 68.4 cm³/mol. The van der Waals surface area contributed by atoms with Gasteiger partial charge in [0.2, 0.25) is 0 Å². The van der Waals surface area contributed by atoms with Crippen LogP contribution in [-0.4, -0.2) is 30.6 Å². The molecule has 88 valence electrons. The maximum Gasteiger partial charge on any atom is 0.0234 e. The average molecular weight is 218 g/mol. The Morgan fingerprint density at radius 1 is 1.31 bits per heavy atom. The van der Waals surface area contributed by atoms with Crippen LogP contribution in [0, 0.1) is 0 Å². The van der Waals surface area contributed by atoms with E-state index in [9.17, 15) is 0 Å². The summed E-state index contributed by atoms with van der Waals surface area (Å²) in [6, 6.07) is 12.1. The molecule has 1 aromatic carbocycles. The summed E-state index contributed by atoms with van der Waals surface area (Å²) in [4.78, 5) is 2.41. The molecule has 1 N–H and O–H groups in total. The zero-order valence-corrected chi connectivity index (χ0v) is 10.3. The summed E-state index contributed by atoms with van der Waals surface area (Å²) in [5, 5.41) is 3.58. The Balaban J connectivity index is 1.75. The Morgan fingerprint density at radius 3 is 2.62 bits per heavy atom. The Hall–Kier alpha value is -0.860. The van der Waals surface area contributed by atoms with Gasteiger partial charge in [-0.15, -0.1) is 0 Å². The highest BCUT2D eigenvalue weighted by atomic mass is 15.1. The Labute approximate surface area is 98.7 Å². The highest BCUT2D eigenvalue weighted by molar-refractivity contribution is 5.14. The first kappa shape index (κ1) is 11.6. The van der Waals surface area contributed by atoms with Gasteiger partial charge in [-0.25, -0.2) is 0 Å². The normalized spacial score (nSPS) is 17.7. The minimum atomic E-state index is 0.598. The van der Waals surface area contributed by atoms with Crippen LogP contribution in [0.2, 0.25) is 0 Å². The highest BCUT2D eigenvalue weighted by Gasteiger charge is 2.21.